The maximum Gasteiger partial charge on any atom is 0.290 e. The van der Waals surface area contributed by atoms with Gasteiger partial charge in [0.05, 0.1) is 0 Å². The molecule has 2 aromatic rings. The number of hydrogen-bond donors (Lipinski definition) is 1. The van der Waals surface area contributed by atoms with Crippen LogP contribution in [0.15, 0.2) is 33.2 Å². The number of nitrogens with zero attached hydrogens (tertiary/aromatic N) is 1. The highest BCUT2D eigenvalue weighted by Gasteiger charge is 2.39. The average molecular weight is 386 g/mol. The highest BCUT2D eigenvalue weighted by atomic mass is 79.9. The van der Waals surface area contributed by atoms with Crippen LogP contribution in [0.1, 0.15) is 29.8 Å². The van der Waals surface area contributed by atoms with E-state index in [9.17, 15) is 4.79 Å². The molecule has 0 aliphatic carbocycles. The summed E-state index contributed by atoms with van der Waals surface area (Å²) in [4.78, 5) is 14.9. The molecule has 2 fully saturated rings. The molecule has 1 aromatic carbocycles. The number of furan rings is 1. The number of fused-ring (bicyclic) bond motifs is 3. The van der Waals surface area contributed by atoms with Crippen molar-refractivity contribution in [2.45, 2.75) is 31.3 Å². The number of hydrogen-bond acceptors (Lipinski definition) is 3. The molecule has 2 unspecified atom stereocenters. The first-order valence-electron chi connectivity index (χ1n) is 7.45. The fourth-order valence-electron chi connectivity index (χ4n) is 3.56. The van der Waals surface area contributed by atoms with Gasteiger partial charge >= 0.3 is 0 Å². The molecule has 6 heteroatoms. The summed E-state index contributed by atoms with van der Waals surface area (Å²) in [5.74, 6) is 0.500. The van der Waals surface area contributed by atoms with Crippen molar-refractivity contribution in [3.8, 4) is 0 Å². The Morgan fingerprint density at radius 3 is 2.91 bits per heavy atom. The summed E-state index contributed by atoms with van der Waals surface area (Å²) >= 11 is 3.45. The van der Waals surface area contributed by atoms with Crippen LogP contribution in [0.3, 0.4) is 0 Å². The molecule has 2 aliphatic rings. The van der Waals surface area contributed by atoms with Crippen molar-refractivity contribution >= 4 is 45.2 Å². The molecule has 118 valence electrons. The minimum atomic E-state index is 0. The van der Waals surface area contributed by atoms with Gasteiger partial charge in [-0.3, -0.25) is 4.79 Å². The lowest BCUT2D eigenvalue weighted by Crippen LogP contribution is -2.42. The molecule has 2 atom stereocenters. The molecule has 0 spiro atoms. The van der Waals surface area contributed by atoms with Gasteiger partial charge in [0, 0.05) is 28.5 Å². The Bertz CT molecular complexity index is 689. The zero-order chi connectivity index (χ0) is 14.4. The first-order valence-corrected chi connectivity index (χ1v) is 8.24. The highest BCUT2D eigenvalue weighted by molar-refractivity contribution is 9.10. The van der Waals surface area contributed by atoms with Crippen LogP contribution < -0.4 is 5.32 Å². The van der Waals surface area contributed by atoms with E-state index >= 15 is 0 Å². The third kappa shape index (κ3) is 2.66. The van der Waals surface area contributed by atoms with E-state index in [1.807, 2.05) is 29.2 Å². The Labute approximate surface area is 143 Å². The largest absolute Gasteiger partial charge is 0.451 e. The quantitative estimate of drug-likeness (QED) is 0.816. The van der Waals surface area contributed by atoms with E-state index in [1.165, 1.54) is 0 Å². The van der Waals surface area contributed by atoms with E-state index in [2.05, 4.69) is 21.2 Å². The van der Waals surface area contributed by atoms with Crippen molar-refractivity contribution in [2.24, 2.45) is 0 Å². The van der Waals surface area contributed by atoms with Gasteiger partial charge in [-0.05, 0) is 50.1 Å². The van der Waals surface area contributed by atoms with Gasteiger partial charge in [0.25, 0.3) is 5.91 Å². The Morgan fingerprint density at radius 1 is 1.23 bits per heavy atom. The zero-order valence-electron chi connectivity index (χ0n) is 12.0. The highest BCUT2D eigenvalue weighted by Crippen LogP contribution is 2.31. The smallest absolute Gasteiger partial charge is 0.290 e. The fraction of sp³-hybridized carbons (Fsp3) is 0.438. The normalized spacial score (nSPS) is 24.1. The molecule has 2 aliphatic heterocycles. The Hall–Kier alpha value is -1.04. The average Bonchev–Trinajstić information content (AvgIpc) is 2.97. The van der Waals surface area contributed by atoms with Gasteiger partial charge in [0.15, 0.2) is 5.76 Å². The number of carbonyl (C=O) groups is 1. The topological polar surface area (TPSA) is 45.5 Å². The van der Waals surface area contributed by atoms with Crippen LogP contribution in [-0.4, -0.2) is 36.0 Å². The summed E-state index contributed by atoms with van der Waals surface area (Å²) < 4.78 is 6.77. The summed E-state index contributed by atoms with van der Waals surface area (Å²) in [5, 5.41) is 4.38. The van der Waals surface area contributed by atoms with Crippen molar-refractivity contribution in [2.75, 3.05) is 13.1 Å². The van der Waals surface area contributed by atoms with Crippen LogP contribution in [0.2, 0.25) is 0 Å². The standard InChI is InChI=1S/C16H17BrN2O2.ClH/c17-11-1-4-14-10(7-11)8-15(21-14)16(20)19-12-2-3-13(19)9-18-6-5-12;/h1,4,7-8,12-13,18H,2-3,5-6,9H2;1H. The van der Waals surface area contributed by atoms with Crippen LogP contribution in [0.4, 0.5) is 0 Å². The van der Waals surface area contributed by atoms with Gasteiger partial charge in [-0.2, -0.15) is 0 Å². The predicted octanol–water partition coefficient (Wildman–Crippen LogP) is 3.58. The molecule has 4 nitrogen and oxygen atoms in total. The van der Waals surface area contributed by atoms with Gasteiger partial charge in [-0.15, -0.1) is 12.4 Å². The van der Waals surface area contributed by atoms with Crippen molar-refractivity contribution < 1.29 is 9.21 Å². The van der Waals surface area contributed by atoms with E-state index < -0.39 is 0 Å². The molecule has 0 saturated carbocycles. The lowest BCUT2D eigenvalue weighted by molar-refractivity contribution is 0.0650. The van der Waals surface area contributed by atoms with Crippen molar-refractivity contribution in [1.29, 1.82) is 0 Å². The molecule has 1 aromatic heterocycles. The first kappa shape index (κ1) is 15.8. The fourth-order valence-corrected chi connectivity index (χ4v) is 3.94. The molecule has 2 saturated heterocycles. The molecule has 3 heterocycles. The lowest BCUT2D eigenvalue weighted by Gasteiger charge is -2.26. The van der Waals surface area contributed by atoms with Gasteiger partial charge in [-0.1, -0.05) is 15.9 Å². The molecule has 1 amide bonds. The molecular weight excluding hydrogens is 368 g/mol. The Morgan fingerprint density at radius 2 is 2.05 bits per heavy atom. The SMILES string of the molecule is Cl.O=C(c1cc2cc(Br)ccc2o1)N1C2CCNCC1CC2. The summed E-state index contributed by atoms with van der Waals surface area (Å²) in [6.45, 7) is 1.89. The first-order chi connectivity index (χ1) is 10.2. The van der Waals surface area contributed by atoms with Crippen LogP contribution in [0.5, 0.6) is 0 Å². The van der Waals surface area contributed by atoms with Crippen LogP contribution in [0, 0.1) is 0 Å². The molecule has 1 N–H and O–H groups in total. The second-order valence-electron chi connectivity index (χ2n) is 5.88. The van der Waals surface area contributed by atoms with E-state index in [1.54, 1.807) is 0 Å². The van der Waals surface area contributed by atoms with Crippen molar-refractivity contribution in [1.82, 2.24) is 10.2 Å². The van der Waals surface area contributed by atoms with Crippen molar-refractivity contribution in [3.63, 3.8) is 0 Å². The van der Waals surface area contributed by atoms with E-state index in [0.29, 0.717) is 17.8 Å². The molecule has 0 radical (unpaired) electrons. The zero-order valence-corrected chi connectivity index (χ0v) is 14.5. The molecule has 2 bridgehead atoms. The Kier molecular flexibility index (Phi) is 4.48. The minimum Gasteiger partial charge on any atom is -0.451 e. The third-order valence-corrected chi connectivity index (χ3v) is 5.07. The summed E-state index contributed by atoms with van der Waals surface area (Å²) in [6, 6.07) is 8.34. The summed E-state index contributed by atoms with van der Waals surface area (Å²) in [6.07, 6.45) is 3.24. The second kappa shape index (κ2) is 6.22. The van der Waals surface area contributed by atoms with Gasteiger partial charge in [0.2, 0.25) is 0 Å². The van der Waals surface area contributed by atoms with E-state index in [4.69, 9.17) is 4.42 Å². The number of carbonyl (C=O) groups excluding carboxylic acids is 1. The van der Waals surface area contributed by atoms with E-state index in [0.717, 1.165) is 47.8 Å². The number of amides is 1. The van der Waals surface area contributed by atoms with Gasteiger partial charge < -0.3 is 14.6 Å². The van der Waals surface area contributed by atoms with Crippen LogP contribution in [0.25, 0.3) is 11.0 Å². The van der Waals surface area contributed by atoms with E-state index in [-0.39, 0.29) is 18.3 Å². The second-order valence-corrected chi connectivity index (χ2v) is 6.80. The Balaban J connectivity index is 0.00000144. The summed E-state index contributed by atoms with van der Waals surface area (Å²) in [5.41, 5.74) is 0.766. The lowest BCUT2D eigenvalue weighted by atomic mass is 10.1. The number of halogens is 2. The van der Waals surface area contributed by atoms with Gasteiger partial charge in [0.1, 0.15) is 5.58 Å². The molecule has 4 rings (SSSR count). The maximum atomic E-state index is 12.9. The van der Waals surface area contributed by atoms with Gasteiger partial charge in [-0.25, -0.2) is 0 Å². The third-order valence-electron chi connectivity index (χ3n) is 4.58. The van der Waals surface area contributed by atoms with Crippen LogP contribution in [-0.2, 0) is 0 Å². The van der Waals surface area contributed by atoms with Crippen LogP contribution >= 0.6 is 28.3 Å². The monoisotopic (exact) mass is 384 g/mol. The molecular formula is C16H18BrClN2O2. The van der Waals surface area contributed by atoms with Crippen molar-refractivity contribution in [3.05, 3.63) is 34.5 Å². The minimum absolute atomic E-state index is 0. The number of nitrogens with one attached hydrogen (secondary N) is 1. The maximum absolute atomic E-state index is 12.9. The summed E-state index contributed by atoms with van der Waals surface area (Å²) in [7, 11) is 0. The molecule has 22 heavy (non-hydrogen) atoms. The predicted molar refractivity (Wildman–Crippen MR) is 91.6 cm³/mol. The number of rotatable bonds is 1. The number of benzene rings is 1.